The highest BCUT2D eigenvalue weighted by atomic mass is 31.2. The maximum Gasteiger partial charge on any atom is 0.472 e. The first-order chi connectivity index (χ1) is 29.7. The molecule has 0 rings (SSSR count). The van der Waals surface area contributed by atoms with Crippen LogP contribution in [0.4, 0.5) is 0 Å². The van der Waals surface area contributed by atoms with Crippen molar-refractivity contribution in [1.29, 1.82) is 0 Å². The number of allylic oxidation sites excluding steroid dienone is 22. The van der Waals surface area contributed by atoms with E-state index >= 15 is 0 Å². The molecule has 0 amide bonds. The van der Waals surface area contributed by atoms with Gasteiger partial charge in [0.05, 0.1) is 19.8 Å². The maximum absolute atomic E-state index is 12.6. The van der Waals surface area contributed by atoms with E-state index in [9.17, 15) is 24.2 Å². The van der Waals surface area contributed by atoms with E-state index in [2.05, 4.69) is 128 Å². The molecule has 0 aliphatic carbocycles. The molecule has 10 nitrogen and oxygen atoms in total. The molecule has 0 heterocycles. The van der Waals surface area contributed by atoms with Crippen LogP contribution in [0.1, 0.15) is 129 Å². The number of unbranched alkanes of at least 4 members (excludes halogenated alkanes) is 3. The molecule has 1 unspecified atom stereocenters. The highest BCUT2D eigenvalue weighted by Crippen LogP contribution is 2.43. The molecule has 61 heavy (non-hydrogen) atoms. The number of carbonyl (C=O) groups is 2. The highest BCUT2D eigenvalue weighted by molar-refractivity contribution is 7.47. The topological polar surface area (TPSA) is 149 Å². The van der Waals surface area contributed by atoms with Crippen LogP contribution < -0.4 is 0 Å². The second-order valence-electron chi connectivity index (χ2n) is 14.0. The molecule has 0 bridgehead atoms. The minimum Gasteiger partial charge on any atom is -0.462 e. The average molecular weight is 869 g/mol. The summed E-state index contributed by atoms with van der Waals surface area (Å²) in [5, 5.41) is 18.3. The molecule has 0 spiro atoms. The van der Waals surface area contributed by atoms with Gasteiger partial charge in [0, 0.05) is 12.8 Å². The van der Waals surface area contributed by atoms with Gasteiger partial charge in [-0.25, -0.2) is 4.57 Å². The van der Waals surface area contributed by atoms with E-state index < -0.39 is 58.4 Å². The Bertz CT molecular complexity index is 1460. The molecule has 0 aromatic heterocycles. The van der Waals surface area contributed by atoms with E-state index in [1.54, 1.807) is 0 Å². The third kappa shape index (κ3) is 44.0. The molecule has 11 heteroatoms. The van der Waals surface area contributed by atoms with Crippen molar-refractivity contribution in [3.63, 3.8) is 0 Å². The summed E-state index contributed by atoms with van der Waals surface area (Å²) in [6.07, 6.45) is 58.7. The number of rotatable bonds is 39. The Hall–Kier alpha value is -3.89. The van der Waals surface area contributed by atoms with Crippen LogP contribution in [-0.2, 0) is 32.7 Å². The fourth-order valence-electron chi connectivity index (χ4n) is 4.94. The van der Waals surface area contributed by atoms with Crippen LogP contribution in [0.2, 0.25) is 0 Å². The molecule has 0 aromatic carbocycles. The lowest BCUT2D eigenvalue weighted by molar-refractivity contribution is -0.161. The quantitative estimate of drug-likeness (QED) is 0.0236. The van der Waals surface area contributed by atoms with Gasteiger partial charge >= 0.3 is 19.8 Å². The third-order valence-electron chi connectivity index (χ3n) is 8.32. The number of ether oxygens (including phenoxy) is 2. The fourth-order valence-corrected chi connectivity index (χ4v) is 5.73. The summed E-state index contributed by atoms with van der Waals surface area (Å²) >= 11 is 0. The molecule has 3 atom stereocenters. The summed E-state index contributed by atoms with van der Waals surface area (Å²) in [6, 6.07) is 0. The van der Waals surface area contributed by atoms with Gasteiger partial charge in [-0.15, -0.1) is 0 Å². The molecule has 0 aromatic rings. The molecule has 0 saturated heterocycles. The molecule has 0 fully saturated rings. The molecular weight excluding hydrogens is 792 g/mol. The van der Waals surface area contributed by atoms with E-state index in [0.29, 0.717) is 12.8 Å². The SMILES string of the molecule is CC/C=C\C/C=C\C/C=C\C/C=C\C/C=C\C/C=C\CCC(=O)OC[C@H](COP(=O)(O)OC[C@@H](O)CO)OC(=O)CC/C=C\C/C=C\C/C=C\C/C=C\C/C=C\CCCCC. The van der Waals surface area contributed by atoms with Gasteiger partial charge in [0.2, 0.25) is 0 Å². The van der Waals surface area contributed by atoms with E-state index in [4.69, 9.17) is 19.1 Å². The number of aliphatic hydroxyl groups is 2. The number of hydrogen-bond donors (Lipinski definition) is 3. The zero-order chi connectivity index (χ0) is 44.8. The summed E-state index contributed by atoms with van der Waals surface area (Å²) in [6.45, 7) is 2.03. The van der Waals surface area contributed by atoms with E-state index in [1.807, 2.05) is 24.3 Å². The second-order valence-corrected chi connectivity index (χ2v) is 15.4. The number of phosphoric acid groups is 1. The molecule has 0 aliphatic rings. The van der Waals surface area contributed by atoms with E-state index in [1.165, 1.54) is 19.3 Å². The van der Waals surface area contributed by atoms with E-state index in [0.717, 1.165) is 70.6 Å². The van der Waals surface area contributed by atoms with Crippen molar-refractivity contribution in [2.75, 3.05) is 26.4 Å². The highest BCUT2D eigenvalue weighted by Gasteiger charge is 2.27. The van der Waals surface area contributed by atoms with Gasteiger partial charge in [-0.3, -0.25) is 18.6 Å². The van der Waals surface area contributed by atoms with Crippen molar-refractivity contribution >= 4 is 19.8 Å². The van der Waals surface area contributed by atoms with Gasteiger partial charge in [0.25, 0.3) is 0 Å². The van der Waals surface area contributed by atoms with Crippen LogP contribution in [0.3, 0.4) is 0 Å². The van der Waals surface area contributed by atoms with Crippen LogP contribution in [0.15, 0.2) is 134 Å². The van der Waals surface area contributed by atoms with Crippen molar-refractivity contribution < 1.29 is 47.8 Å². The Morgan fingerprint density at radius 2 is 0.885 bits per heavy atom. The minimum atomic E-state index is -4.67. The first kappa shape index (κ1) is 57.1. The van der Waals surface area contributed by atoms with Gasteiger partial charge in [-0.1, -0.05) is 160 Å². The monoisotopic (exact) mass is 869 g/mol. The lowest BCUT2D eigenvalue weighted by Crippen LogP contribution is -2.29. The van der Waals surface area contributed by atoms with Gasteiger partial charge in [0.1, 0.15) is 12.7 Å². The Labute approximate surface area is 368 Å². The van der Waals surface area contributed by atoms with Crippen LogP contribution in [-0.4, -0.2) is 65.7 Å². The number of aliphatic hydroxyl groups excluding tert-OH is 2. The van der Waals surface area contributed by atoms with Crippen molar-refractivity contribution in [2.24, 2.45) is 0 Å². The molecule has 0 radical (unpaired) electrons. The summed E-state index contributed by atoms with van der Waals surface area (Å²) in [7, 11) is -4.67. The summed E-state index contributed by atoms with van der Waals surface area (Å²) in [4.78, 5) is 35.0. The zero-order valence-corrected chi connectivity index (χ0v) is 38.0. The van der Waals surface area contributed by atoms with Crippen LogP contribution in [0.5, 0.6) is 0 Å². The predicted octanol–water partition coefficient (Wildman–Crippen LogP) is 12.1. The number of carbonyl (C=O) groups excluding carboxylic acids is 2. The lowest BCUT2D eigenvalue weighted by atomic mass is 10.2. The Morgan fingerprint density at radius 3 is 1.30 bits per heavy atom. The minimum absolute atomic E-state index is 0.0359. The molecule has 0 saturated carbocycles. The Morgan fingerprint density at radius 1 is 0.508 bits per heavy atom. The lowest BCUT2D eigenvalue weighted by Gasteiger charge is -2.20. The van der Waals surface area contributed by atoms with Gasteiger partial charge in [-0.05, 0) is 89.9 Å². The van der Waals surface area contributed by atoms with Crippen molar-refractivity contribution in [1.82, 2.24) is 0 Å². The van der Waals surface area contributed by atoms with Gasteiger partial charge in [0.15, 0.2) is 6.10 Å². The maximum atomic E-state index is 12.6. The van der Waals surface area contributed by atoms with Crippen LogP contribution >= 0.6 is 7.82 Å². The number of hydrogen-bond acceptors (Lipinski definition) is 9. The third-order valence-corrected chi connectivity index (χ3v) is 9.27. The number of phosphoric ester groups is 1. The predicted molar refractivity (Wildman–Crippen MR) is 251 cm³/mol. The molecule has 0 aliphatic heterocycles. The van der Waals surface area contributed by atoms with Gasteiger partial charge < -0.3 is 24.6 Å². The Kier molecular flexibility index (Phi) is 41.4. The zero-order valence-electron chi connectivity index (χ0n) is 37.1. The smallest absolute Gasteiger partial charge is 0.462 e. The van der Waals surface area contributed by atoms with Crippen molar-refractivity contribution in [3.05, 3.63) is 134 Å². The summed E-state index contributed by atoms with van der Waals surface area (Å²) < 4.78 is 32.5. The van der Waals surface area contributed by atoms with Crippen molar-refractivity contribution in [3.8, 4) is 0 Å². The van der Waals surface area contributed by atoms with Crippen LogP contribution in [0.25, 0.3) is 0 Å². The normalized spacial score (nSPS) is 15.0. The van der Waals surface area contributed by atoms with Gasteiger partial charge in [-0.2, -0.15) is 0 Å². The van der Waals surface area contributed by atoms with E-state index in [-0.39, 0.29) is 12.8 Å². The first-order valence-corrected chi connectivity index (χ1v) is 23.6. The second kappa shape index (κ2) is 44.2. The molecular formula is C50H77O10P. The Balaban J connectivity index is 4.56. The average Bonchev–Trinajstić information content (AvgIpc) is 3.25. The first-order valence-electron chi connectivity index (χ1n) is 22.1. The largest absolute Gasteiger partial charge is 0.472 e. The van der Waals surface area contributed by atoms with Crippen molar-refractivity contribution in [2.45, 2.75) is 142 Å². The van der Waals surface area contributed by atoms with Crippen LogP contribution in [0, 0.1) is 0 Å². The number of esters is 2. The molecule has 3 N–H and O–H groups in total. The molecule has 342 valence electrons. The summed E-state index contributed by atoms with van der Waals surface area (Å²) in [5.41, 5.74) is 0. The summed E-state index contributed by atoms with van der Waals surface area (Å²) in [5.74, 6) is -1.13. The standard InChI is InChI=1S/C50H77O10P/c1-3-5-7-9-11-13-15-17-19-21-23-25-27-29-31-33-35-37-39-41-49(53)57-45-48(46-59-61(55,56)58-44-47(52)43-51)60-50(54)42-40-38-36-34-32-30-28-26-24-22-20-18-16-14-12-10-8-6-4-2/h5,7,11-14,17-20,23-26,29-32,35-38,47-48,51-52H,3-4,6,8-10,15-16,21-22,27-28,33-34,39-46H2,1-2H3,(H,55,56)/b7-5-,13-11-,14-12-,19-17-,20-18-,25-23-,26-24-,31-29-,32-30-,37-35-,38-36-/t47-,48+/m0/s1. The fraction of sp³-hybridized carbons (Fsp3) is 0.520.